The van der Waals surface area contributed by atoms with Crippen LogP contribution < -0.4 is 10.6 Å². The van der Waals surface area contributed by atoms with Gasteiger partial charge in [0.25, 0.3) is 0 Å². The van der Waals surface area contributed by atoms with Crippen molar-refractivity contribution in [1.82, 2.24) is 20.8 Å². The number of rotatable bonds is 4. The molecule has 1 heterocycles. The van der Waals surface area contributed by atoms with Gasteiger partial charge in [-0.15, -0.1) is 0 Å². The Morgan fingerprint density at radius 1 is 1.60 bits per heavy atom. The van der Waals surface area contributed by atoms with E-state index in [1.807, 2.05) is 6.92 Å². The van der Waals surface area contributed by atoms with Gasteiger partial charge in [0.05, 0.1) is 6.20 Å². The predicted molar refractivity (Wildman–Crippen MR) is 72.0 cm³/mol. The van der Waals surface area contributed by atoms with Crippen molar-refractivity contribution < 1.29 is 14.7 Å². The number of urea groups is 1. The van der Waals surface area contributed by atoms with Gasteiger partial charge in [-0.1, -0.05) is 19.8 Å². The van der Waals surface area contributed by atoms with Gasteiger partial charge in [0.15, 0.2) is 0 Å². The normalized spacial score (nSPS) is 25.9. The van der Waals surface area contributed by atoms with E-state index >= 15 is 0 Å². The second-order valence-electron chi connectivity index (χ2n) is 5.50. The number of hydrogen-bond donors (Lipinski definition) is 4. The number of amides is 2. The summed E-state index contributed by atoms with van der Waals surface area (Å²) in [5.74, 6) is -0.656. The largest absolute Gasteiger partial charge is 0.480 e. The third kappa shape index (κ3) is 3.28. The number of hydrogen-bond acceptors (Lipinski definition) is 3. The molecule has 20 heavy (non-hydrogen) atoms. The Bertz CT molecular complexity index is 474. The average molecular weight is 280 g/mol. The number of nitrogens with zero attached hydrogens (tertiary/aromatic N) is 1. The molecule has 7 nitrogen and oxygen atoms in total. The molecule has 0 spiro atoms. The van der Waals surface area contributed by atoms with Crippen LogP contribution in [0.3, 0.4) is 0 Å². The molecule has 1 aliphatic rings. The molecule has 110 valence electrons. The summed E-state index contributed by atoms with van der Waals surface area (Å²) in [5.41, 5.74) is -0.306. The molecule has 1 aromatic rings. The third-order valence-electron chi connectivity index (χ3n) is 3.77. The first-order chi connectivity index (χ1) is 9.52. The molecule has 2 amide bonds. The quantitative estimate of drug-likeness (QED) is 0.665. The number of H-pyrrole nitrogens is 1. The lowest BCUT2D eigenvalue weighted by atomic mass is 9.76. The number of carboxylic acids is 1. The first-order valence-electron chi connectivity index (χ1n) is 6.79. The van der Waals surface area contributed by atoms with E-state index in [-0.39, 0.29) is 0 Å². The van der Waals surface area contributed by atoms with E-state index in [9.17, 15) is 14.7 Å². The summed E-state index contributed by atoms with van der Waals surface area (Å²) in [6.07, 6.45) is 6.06. The summed E-state index contributed by atoms with van der Waals surface area (Å²) < 4.78 is 0. The molecule has 1 fully saturated rings. The molecule has 0 aromatic carbocycles. The van der Waals surface area contributed by atoms with Gasteiger partial charge >= 0.3 is 12.0 Å². The Balaban J connectivity index is 1.94. The van der Waals surface area contributed by atoms with E-state index in [1.165, 1.54) is 0 Å². The zero-order valence-electron chi connectivity index (χ0n) is 11.5. The van der Waals surface area contributed by atoms with Gasteiger partial charge in [0, 0.05) is 18.3 Å². The second kappa shape index (κ2) is 5.94. The molecular weight excluding hydrogens is 260 g/mol. The minimum Gasteiger partial charge on any atom is -0.480 e. The van der Waals surface area contributed by atoms with Crippen molar-refractivity contribution >= 4 is 12.0 Å². The standard InChI is InChI=1S/C13H20N4O3/c1-9-3-2-4-13(5-9,11(18)19)17-12(20)14-6-10-7-15-16-8-10/h7-9H,2-6H2,1H3,(H,15,16)(H,18,19)(H2,14,17,20). The van der Waals surface area contributed by atoms with Crippen LogP contribution in [0.25, 0.3) is 0 Å². The van der Waals surface area contributed by atoms with Gasteiger partial charge in [0.1, 0.15) is 5.54 Å². The fraction of sp³-hybridized carbons (Fsp3) is 0.615. The van der Waals surface area contributed by atoms with Crippen LogP contribution in [-0.4, -0.2) is 32.8 Å². The summed E-state index contributed by atoms with van der Waals surface area (Å²) in [4.78, 5) is 23.4. The number of aliphatic carboxylic acids is 1. The molecule has 7 heteroatoms. The van der Waals surface area contributed by atoms with Gasteiger partial charge in [0.2, 0.25) is 0 Å². The fourth-order valence-corrected chi connectivity index (χ4v) is 2.73. The molecule has 4 N–H and O–H groups in total. The maximum Gasteiger partial charge on any atom is 0.329 e. The van der Waals surface area contributed by atoms with Crippen LogP contribution in [0.5, 0.6) is 0 Å². The van der Waals surface area contributed by atoms with Crippen molar-refractivity contribution in [1.29, 1.82) is 0 Å². The van der Waals surface area contributed by atoms with Crippen molar-refractivity contribution in [2.45, 2.75) is 44.7 Å². The molecular formula is C13H20N4O3. The predicted octanol–water partition coefficient (Wildman–Crippen LogP) is 1.24. The van der Waals surface area contributed by atoms with Gasteiger partial charge in [-0.2, -0.15) is 5.10 Å². The Hall–Kier alpha value is -2.05. The molecule has 0 bridgehead atoms. The van der Waals surface area contributed by atoms with Crippen LogP contribution in [0.2, 0.25) is 0 Å². The monoisotopic (exact) mass is 280 g/mol. The number of nitrogens with one attached hydrogen (secondary N) is 3. The molecule has 2 unspecified atom stereocenters. The lowest BCUT2D eigenvalue weighted by Gasteiger charge is -2.36. The Labute approximate surface area is 117 Å². The van der Waals surface area contributed by atoms with Crippen LogP contribution in [0.1, 0.15) is 38.2 Å². The zero-order valence-corrected chi connectivity index (χ0v) is 11.5. The summed E-state index contributed by atoms with van der Waals surface area (Å²) in [6.45, 7) is 2.33. The number of carboxylic acid groups (broad SMARTS) is 1. The second-order valence-corrected chi connectivity index (χ2v) is 5.50. The number of aromatic amines is 1. The minimum absolute atomic E-state index is 0.300. The Morgan fingerprint density at radius 3 is 3.00 bits per heavy atom. The summed E-state index contributed by atoms with van der Waals surface area (Å²) in [6, 6.07) is -0.456. The molecule has 0 saturated heterocycles. The highest BCUT2D eigenvalue weighted by Crippen LogP contribution is 2.32. The molecule has 2 atom stereocenters. The average Bonchev–Trinajstić information content (AvgIpc) is 2.89. The van der Waals surface area contributed by atoms with Gasteiger partial charge in [-0.25, -0.2) is 9.59 Å². The van der Waals surface area contributed by atoms with Crippen LogP contribution >= 0.6 is 0 Å². The minimum atomic E-state index is -1.14. The van der Waals surface area contributed by atoms with E-state index in [0.29, 0.717) is 25.3 Å². The van der Waals surface area contributed by atoms with Crippen molar-refractivity contribution in [2.24, 2.45) is 5.92 Å². The van der Waals surface area contributed by atoms with Crippen LogP contribution in [0.4, 0.5) is 4.79 Å². The molecule has 1 saturated carbocycles. The highest BCUT2D eigenvalue weighted by Gasteiger charge is 2.43. The van der Waals surface area contributed by atoms with Gasteiger partial charge in [-0.3, -0.25) is 5.10 Å². The first kappa shape index (κ1) is 14.4. The first-order valence-corrected chi connectivity index (χ1v) is 6.79. The van der Waals surface area contributed by atoms with E-state index in [4.69, 9.17) is 0 Å². The summed E-state index contributed by atoms with van der Waals surface area (Å²) in [7, 11) is 0. The molecule has 0 radical (unpaired) electrons. The van der Waals surface area contributed by atoms with E-state index in [2.05, 4.69) is 20.8 Å². The molecule has 1 aromatic heterocycles. The maximum atomic E-state index is 11.9. The lowest BCUT2D eigenvalue weighted by Crippen LogP contribution is -2.58. The van der Waals surface area contributed by atoms with E-state index < -0.39 is 17.5 Å². The van der Waals surface area contributed by atoms with Gasteiger partial charge in [-0.05, 0) is 18.8 Å². The fourth-order valence-electron chi connectivity index (χ4n) is 2.73. The molecule has 0 aliphatic heterocycles. The topological polar surface area (TPSA) is 107 Å². The van der Waals surface area contributed by atoms with Crippen LogP contribution in [0.15, 0.2) is 12.4 Å². The SMILES string of the molecule is CC1CCCC(NC(=O)NCc2cn[nH]c2)(C(=O)O)C1. The Kier molecular flexibility index (Phi) is 4.26. The maximum absolute atomic E-state index is 11.9. The van der Waals surface area contributed by atoms with Gasteiger partial charge < -0.3 is 15.7 Å². The van der Waals surface area contributed by atoms with Crippen molar-refractivity contribution in [3.63, 3.8) is 0 Å². The van der Waals surface area contributed by atoms with Crippen molar-refractivity contribution in [3.05, 3.63) is 18.0 Å². The van der Waals surface area contributed by atoms with Crippen molar-refractivity contribution in [2.75, 3.05) is 0 Å². The summed E-state index contributed by atoms with van der Waals surface area (Å²) in [5, 5.41) is 21.2. The number of carbonyl (C=O) groups is 2. The number of carbonyl (C=O) groups excluding carboxylic acids is 1. The van der Waals surface area contributed by atoms with Crippen LogP contribution in [-0.2, 0) is 11.3 Å². The van der Waals surface area contributed by atoms with E-state index in [0.717, 1.165) is 18.4 Å². The van der Waals surface area contributed by atoms with E-state index in [1.54, 1.807) is 12.4 Å². The Morgan fingerprint density at radius 2 is 2.40 bits per heavy atom. The number of aromatic nitrogens is 2. The summed E-state index contributed by atoms with van der Waals surface area (Å²) >= 11 is 0. The van der Waals surface area contributed by atoms with Crippen molar-refractivity contribution in [3.8, 4) is 0 Å². The highest BCUT2D eigenvalue weighted by atomic mass is 16.4. The van der Waals surface area contributed by atoms with Crippen LogP contribution in [0, 0.1) is 5.92 Å². The third-order valence-corrected chi connectivity index (χ3v) is 3.77. The lowest BCUT2D eigenvalue weighted by molar-refractivity contribution is -0.146. The molecule has 1 aliphatic carbocycles. The molecule has 2 rings (SSSR count). The smallest absolute Gasteiger partial charge is 0.329 e. The zero-order chi connectivity index (χ0) is 14.6. The highest BCUT2D eigenvalue weighted by molar-refractivity contribution is 5.86.